The molecule has 0 atom stereocenters. The first-order chi connectivity index (χ1) is 9.63. The minimum Gasteiger partial charge on any atom is -0.478 e. The van der Waals surface area contributed by atoms with E-state index < -0.39 is 11.9 Å². The van der Waals surface area contributed by atoms with Crippen LogP contribution in [0.2, 0.25) is 0 Å². The highest BCUT2D eigenvalue weighted by atomic mass is 16.4. The number of nitrogens with zero attached hydrogens (tertiary/aromatic N) is 1. The number of nitriles is 1. The summed E-state index contributed by atoms with van der Waals surface area (Å²) in [6.45, 7) is 0. The van der Waals surface area contributed by atoms with Crippen LogP contribution in [0.5, 0.6) is 0 Å². The van der Waals surface area contributed by atoms with Gasteiger partial charge in [0.05, 0.1) is 22.4 Å². The molecule has 0 fully saturated rings. The van der Waals surface area contributed by atoms with E-state index in [1.54, 1.807) is 36.4 Å². The molecule has 0 aliphatic heterocycles. The Labute approximate surface area is 115 Å². The number of aromatic carboxylic acids is 1. The second-order valence-electron chi connectivity index (χ2n) is 3.96. The average Bonchev–Trinajstić information content (AvgIpc) is 2.47. The number of carboxylic acid groups (broad SMARTS) is 1. The number of para-hydroxylation sites is 1. The van der Waals surface area contributed by atoms with Gasteiger partial charge in [0.15, 0.2) is 0 Å². The van der Waals surface area contributed by atoms with Gasteiger partial charge in [-0.15, -0.1) is 0 Å². The van der Waals surface area contributed by atoms with Crippen molar-refractivity contribution in [3.8, 4) is 6.07 Å². The standard InChI is InChI=1S/C15H10N2O3/c16-9-10-5-1-4-8-13(10)17-14(18)11-6-2-3-7-12(11)15(19)20/h1-8H,(H,17,18)(H,19,20). The topological polar surface area (TPSA) is 90.2 Å². The summed E-state index contributed by atoms with van der Waals surface area (Å²) in [5.41, 5.74) is 0.626. The lowest BCUT2D eigenvalue weighted by Crippen LogP contribution is -2.16. The molecule has 5 heteroatoms. The Hall–Kier alpha value is -3.13. The number of rotatable bonds is 3. The van der Waals surface area contributed by atoms with E-state index in [2.05, 4.69) is 5.32 Å². The van der Waals surface area contributed by atoms with Crippen LogP contribution >= 0.6 is 0 Å². The molecule has 98 valence electrons. The number of anilines is 1. The zero-order valence-electron chi connectivity index (χ0n) is 10.3. The molecule has 0 aliphatic rings. The third kappa shape index (κ3) is 2.65. The van der Waals surface area contributed by atoms with E-state index in [4.69, 9.17) is 10.4 Å². The van der Waals surface area contributed by atoms with Crippen molar-refractivity contribution in [2.45, 2.75) is 0 Å². The van der Waals surface area contributed by atoms with Crippen LogP contribution in [0.15, 0.2) is 48.5 Å². The van der Waals surface area contributed by atoms with Gasteiger partial charge in [0.25, 0.3) is 5.91 Å². The minimum atomic E-state index is -1.18. The third-order valence-corrected chi connectivity index (χ3v) is 2.70. The molecule has 2 N–H and O–H groups in total. The number of hydrogen-bond donors (Lipinski definition) is 2. The molecular formula is C15H10N2O3. The second kappa shape index (κ2) is 5.67. The summed E-state index contributed by atoms with van der Waals surface area (Å²) in [5, 5.41) is 20.5. The summed E-state index contributed by atoms with van der Waals surface area (Å²) < 4.78 is 0. The van der Waals surface area contributed by atoms with Crippen LogP contribution < -0.4 is 5.32 Å². The number of hydrogen-bond acceptors (Lipinski definition) is 3. The van der Waals surface area contributed by atoms with Gasteiger partial charge < -0.3 is 10.4 Å². The highest BCUT2D eigenvalue weighted by Gasteiger charge is 2.16. The molecule has 2 aromatic carbocycles. The molecule has 0 radical (unpaired) electrons. The normalized spacial score (nSPS) is 9.55. The number of carboxylic acids is 1. The lowest BCUT2D eigenvalue weighted by Gasteiger charge is -2.08. The fourth-order valence-electron chi connectivity index (χ4n) is 1.75. The predicted octanol–water partition coefficient (Wildman–Crippen LogP) is 2.51. The molecular weight excluding hydrogens is 256 g/mol. The summed E-state index contributed by atoms with van der Waals surface area (Å²) in [4.78, 5) is 23.2. The third-order valence-electron chi connectivity index (χ3n) is 2.70. The number of benzene rings is 2. The molecule has 2 aromatic rings. The van der Waals surface area contributed by atoms with Gasteiger partial charge in [0.1, 0.15) is 6.07 Å². The number of carbonyl (C=O) groups is 2. The monoisotopic (exact) mass is 266 g/mol. The number of amides is 1. The summed E-state index contributed by atoms with van der Waals surface area (Å²) in [7, 11) is 0. The first-order valence-electron chi connectivity index (χ1n) is 5.76. The summed E-state index contributed by atoms with van der Waals surface area (Å²) in [5.74, 6) is -1.74. The van der Waals surface area contributed by atoms with Gasteiger partial charge >= 0.3 is 5.97 Å². The number of carbonyl (C=O) groups excluding carboxylic acids is 1. The molecule has 0 spiro atoms. The average molecular weight is 266 g/mol. The van der Waals surface area contributed by atoms with E-state index >= 15 is 0 Å². The van der Waals surface area contributed by atoms with Crippen molar-refractivity contribution >= 4 is 17.6 Å². The molecule has 0 aliphatic carbocycles. The van der Waals surface area contributed by atoms with Crippen LogP contribution in [0.1, 0.15) is 26.3 Å². The van der Waals surface area contributed by atoms with Crippen LogP contribution in [0.3, 0.4) is 0 Å². The zero-order valence-corrected chi connectivity index (χ0v) is 10.3. The zero-order chi connectivity index (χ0) is 14.5. The van der Waals surface area contributed by atoms with Crippen molar-refractivity contribution in [1.29, 1.82) is 5.26 Å². The molecule has 1 amide bonds. The number of nitrogens with one attached hydrogen (secondary N) is 1. The van der Waals surface area contributed by atoms with E-state index in [1.165, 1.54) is 12.1 Å². The van der Waals surface area contributed by atoms with Crippen molar-refractivity contribution in [3.05, 3.63) is 65.2 Å². The fourth-order valence-corrected chi connectivity index (χ4v) is 1.75. The SMILES string of the molecule is N#Cc1ccccc1NC(=O)c1ccccc1C(=O)O. The van der Waals surface area contributed by atoms with E-state index in [1.807, 2.05) is 6.07 Å². The maximum absolute atomic E-state index is 12.1. The van der Waals surface area contributed by atoms with E-state index in [0.29, 0.717) is 11.3 Å². The lowest BCUT2D eigenvalue weighted by molar-refractivity contribution is 0.0692. The van der Waals surface area contributed by atoms with Gasteiger partial charge in [0, 0.05) is 0 Å². The first kappa shape index (κ1) is 13.3. The van der Waals surface area contributed by atoms with E-state index in [9.17, 15) is 9.59 Å². The Morgan fingerprint density at radius 1 is 1.00 bits per heavy atom. The molecule has 0 heterocycles. The highest BCUT2D eigenvalue weighted by Crippen LogP contribution is 2.16. The van der Waals surface area contributed by atoms with Gasteiger partial charge in [-0.2, -0.15) is 5.26 Å². The Kier molecular flexibility index (Phi) is 3.77. The van der Waals surface area contributed by atoms with Crippen molar-refractivity contribution in [2.24, 2.45) is 0 Å². The highest BCUT2D eigenvalue weighted by molar-refractivity contribution is 6.11. The first-order valence-corrected chi connectivity index (χ1v) is 5.76. The Morgan fingerprint density at radius 3 is 2.25 bits per heavy atom. The Balaban J connectivity index is 2.34. The molecule has 0 saturated heterocycles. The molecule has 0 aromatic heterocycles. The quantitative estimate of drug-likeness (QED) is 0.893. The Bertz CT molecular complexity index is 717. The summed E-state index contributed by atoms with van der Waals surface area (Å²) >= 11 is 0. The van der Waals surface area contributed by atoms with Gasteiger partial charge in [-0.25, -0.2) is 4.79 Å². The predicted molar refractivity (Wildman–Crippen MR) is 72.5 cm³/mol. The van der Waals surface area contributed by atoms with Crippen LogP contribution in [0.25, 0.3) is 0 Å². The molecule has 0 saturated carbocycles. The van der Waals surface area contributed by atoms with Crippen molar-refractivity contribution in [3.63, 3.8) is 0 Å². The maximum Gasteiger partial charge on any atom is 0.336 e. The molecule has 20 heavy (non-hydrogen) atoms. The second-order valence-corrected chi connectivity index (χ2v) is 3.96. The van der Waals surface area contributed by atoms with Gasteiger partial charge in [-0.1, -0.05) is 24.3 Å². The smallest absolute Gasteiger partial charge is 0.336 e. The summed E-state index contributed by atoms with van der Waals surface area (Å²) in [6, 6.07) is 14.4. The van der Waals surface area contributed by atoms with Crippen LogP contribution in [-0.4, -0.2) is 17.0 Å². The van der Waals surface area contributed by atoms with Crippen LogP contribution in [-0.2, 0) is 0 Å². The maximum atomic E-state index is 12.1. The minimum absolute atomic E-state index is 0.0488. The molecule has 0 unspecified atom stereocenters. The van der Waals surface area contributed by atoms with Crippen LogP contribution in [0.4, 0.5) is 5.69 Å². The van der Waals surface area contributed by atoms with Gasteiger partial charge in [-0.3, -0.25) is 4.79 Å². The van der Waals surface area contributed by atoms with Crippen LogP contribution in [0, 0.1) is 11.3 Å². The van der Waals surface area contributed by atoms with Crippen molar-refractivity contribution < 1.29 is 14.7 Å². The van der Waals surface area contributed by atoms with Crippen molar-refractivity contribution in [2.75, 3.05) is 5.32 Å². The molecule has 5 nitrogen and oxygen atoms in total. The van der Waals surface area contributed by atoms with E-state index in [0.717, 1.165) is 0 Å². The lowest BCUT2D eigenvalue weighted by atomic mass is 10.1. The fraction of sp³-hybridized carbons (Fsp3) is 0. The molecule has 2 rings (SSSR count). The van der Waals surface area contributed by atoms with Gasteiger partial charge in [0.2, 0.25) is 0 Å². The summed E-state index contributed by atoms with van der Waals surface area (Å²) in [6.07, 6.45) is 0. The Morgan fingerprint density at radius 2 is 1.60 bits per heavy atom. The van der Waals surface area contributed by atoms with E-state index in [-0.39, 0.29) is 11.1 Å². The van der Waals surface area contributed by atoms with Crippen molar-refractivity contribution in [1.82, 2.24) is 0 Å². The molecule has 0 bridgehead atoms. The largest absolute Gasteiger partial charge is 0.478 e. The van der Waals surface area contributed by atoms with Gasteiger partial charge in [-0.05, 0) is 24.3 Å².